The van der Waals surface area contributed by atoms with Gasteiger partial charge < -0.3 is 11.1 Å². The molecule has 0 fully saturated rings. The molecular formula is C13H8F4N2S. The predicted molar refractivity (Wildman–Crippen MR) is 71.9 cm³/mol. The lowest BCUT2D eigenvalue weighted by Gasteiger charge is -2.13. The minimum Gasteiger partial charge on any atom is -0.389 e. The lowest BCUT2D eigenvalue weighted by Crippen LogP contribution is -2.14. The van der Waals surface area contributed by atoms with E-state index in [1.54, 1.807) is 0 Å². The van der Waals surface area contributed by atoms with Crippen LogP contribution in [0.15, 0.2) is 30.3 Å². The van der Waals surface area contributed by atoms with E-state index in [-0.39, 0.29) is 16.2 Å². The SMILES string of the molecule is NC(=S)c1c(F)cccc1Nc1c(F)cc(F)cc1F. The summed E-state index contributed by atoms with van der Waals surface area (Å²) in [6.45, 7) is 0. The third-order valence-corrected chi connectivity index (χ3v) is 2.73. The average Bonchev–Trinajstić information content (AvgIpc) is 2.33. The molecule has 0 heterocycles. The molecule has 2 rings (SSSR count). The molecule has 0 unspecified atom stereocenters. The molecule has 0 spiro atoms. The zero-order chi connectivity index (χ0) is 14.9. The summed E-state index contributed by atoms with van der Waals surface area (Å²) in [5, 5.41) is 2.33. The van der Waals surface area contributed by atoms with Crippen molar-refractivity contribution in [1.82, 2.24) is 0 Å². The van der Waals surface area contributed by atoms with Gasteiger partial charge in [-0.15, -0.1) is 0 Å². The Kier molecular flexibility index (Phi) is 3.89. The summed E-state index contributed by atoms with van der Waals surface area (Å²) in [5.74, 6) is -4.09. The van der Waals surface area contributed by atoms with Crippen LogP contribution in [0, 0.1) is 23.3 Å². The molecule has 2 aromatic carbocycles. The Morgan fingerprint density at radius 1 is 1.00 bits per heavy atom. The molecule has 0 radical (unpaired) electrons. The summed E-state index contributed by atoms with van der Waals surface area (Å²) in [6.07, 6.45) is 0. The maximum atomic E-state index is 13.6. The second kappa shape index (κ2) is 5.46. The Morgan fingerprint density at radius 3 is 2.15 bits per heavy atom. The van der Waals surface area contributed by atoms with Crippen LogP contribution in [-0.2, 0) is 0 Å². The smallest absolute Gasteiger partial charge is 0.152 e. The molecule has 0 saturated carbocycles. The molecule has 7 heteroatoms. The molecule has 2 nitrogen and oxygen atoms in total. The minimum atomic E-state index is -1.15. The summed E-state index contributed by atoms with van der Waals surface area (Å²) in [6, 6.07) is 4.78. The largest absolute Gasteiger partial charge is 0.389 e. The zero-order valence-corrected chi connectivity index (χ0v) is 10.7. The lowest BCUT2D eigenvalue weighted by molar-refractivity contribution is 0.549. The van der Waals surface area contributed by atoms with E-state index in [1.807, 2.05) is 0 Å². The van der Waals surface area contributed by atoms with Crippen LogP contribution in [0.1, 0.15) is 5.56 Å². The van der Waals surface area contributed by atoms with Gasteiger partial charge in [-0.25, -0.2) is 17.6 Å². The quantitative estimate of drug-likeness (QED) is 0.671. The summed E-state index contributed by atoms with van der Waals surface area (Å²) in [7, 11) is 0. The Balaban J connectivity index is 2.51. The molecule has 0 aromatic heterocycles. The van der Waals surface area contributed by atoms with Crippen molar-refractivity contribution in [3.8, 4) is 0 Å². The average molecular weight is 300 g/mol. The van der Waals surface area contributed by atoms with Gasteiger partial charge in [0.2, 0.25) is 0 Å². The van der Waals surface area contributed by atoms with Crippen molar-refractivity contribution < 1.29 is 17.6 Å². The van der Waals surface area contributed by atoms with E-state index in [9.17, 15) is 17.6 Å². The van der Waals surface area contributed by atoms with Gasteiger partial charge in [-0.1, -0.05) is 18.3 Å². The van der Waals surface area contributed by atoms with E-state index in [0.29, 0.717) is 12.1 Å². The predicted octanol–water partition coefficient (Wildman–Crippen LogP) is 3.62. The highest BCUT2D eigenvalue weighted by atomic mass is 32.1. The van der Waals surface area contributed by atoms with Crippen molar-refractivity contribution in [3.63, 3.8) is 0 Å². The van der Waals surface area contributed by atoms with Crippen molar-refractivity contribution in [2.75, 3.05) is 5.32 Å². The summed E-state index contributed by atoms with van der Waals surface area (Å²) >= 11 is 4.69. The van der Waals surface area contributed by atoms with E-state index >= 15 is 0 Å². The van der Waals surface area contributed by atoms with Gasteiger partial charge in [0.25, 0.3) is 0 Å². The van der Waals surface area contributed by atoms with E-state index in [0.717, 1.165) is 6.07 Å². The molecule has 0 aliphatic carbocycles. The monoisotopic (exact) mass is 300 g/mol. The van der Waals surface area contributed by atoms with Crippen LogP contribution in [0.5, 0.6) is 0 Å². The van der Waals surface area contributed by atoms with Gasteiger partial charge in [0, 0.05) is 12.1 Å². The molecular weight excluding hydrogens is 292 g/mol. The van der Waals surface area contributed by atoms with Gasteiger partial charge in [-0.05, 0) is 12.1 Å². The Morgan fingerprint density at radius 2 is 1.60 bits per heavy atom. The molecule has 0 amide bonds. The molecule has 3 N–H and O–H groups in total. The van der Waals surface area contributed by atoms with Gasteiger partial charge >= 0.3 is 0 Å². The fourth-order valence-corrected chi connectivity index (χ4v) is 1.88. The zero-order valence-electron chi connectivity index (χ0n) is 9.88. The minimum absolute atomic E-state index is 0.0121. The van der Waals surface area contributed by atoms with Gasteiger partial charge in [0.15, 0.2) is 11.6 Å². The molecule has 0 saturated heterocycles. The Labute approximate surface area is 117 Å². The van der Waals surface area contributed by atoms with Crippen LogP contribution in [0.2, 0.25) is 0 Å². The number of anilines is 2. The van der Waals surface area contributed by atoms with Crippen LogP contribution in [0.3, 0.4) is 0 Å². The second-order valence-corrected chi connectivity index (χ2v) is 4.34. The van der Waals surface area contributed by atoms with E-state index in [4.69, 9.17) is 18.0 Å². The number of hydrogen-bond acceptors (Lipinski definition) is 2. The normalized spacial score (nSPS) is 10.4. The molecule has 0 bridgehead atoms. The number of nitrogens with one attached hydrogen (secondary N) is 1. The number of hydrogen-bond donors (Lipinski definition) is 2. The first-order valence-corrected chi connectivity index (χ1v) is 5.81. The third-order valence-electron chi connectivity index (χ3n) is 2.53. The lowest BCUT2D eigenvalue weighted by atomic mass is 10.1. The van der Waals surface area contributed by atoms with Crippen LogP contribution in [-0.4, -0.2) is 4.99 Å². The van der Waals surface area contributed by atoms with E-state index in [2.05, 4.69) is 5.32 Å². The summed E-state index contributed by atoms with van der Waals surface area (Å²) < 4.78 is 53.5. The van der Waals surface area contributed by atoms with Crippen LogP contribution in [0.4, 0.5) is 28.9 Å². The molecule has 0 atom stereocenters. The molecule has 0 aliphatic rings. The number of benzene rings is 2. The van der Waals surface area contributed by atoms with E-state index in [1.165, 1.54) is 12.1 Å². The first kappa shape index (κ1) is 14.3. The number of thiocarbonyl (C=S) groups is 1. The standard InChI is InChI=1S/C13H8F4N2S/c14-6-4-8(16)12(9(17)5-6)19-10-3-1-2-7(15)11(10)13(18)20/h1-5,19H,(H2,18,20). The fourth-order valence-electron chi connectivity index (χ4n) is 1.68. The number of halogens is 4. The van der Waals surface area contributed by atoms with Crippen molar-refractivity contribution in [1.29, 1.82) is 0 Å². The molecule has 104 valence electrons. The first-order valence-electron chi connectivity index (χ1n) is 5.40. The summed E-state index contributed by atoms with van der Waals surface area (Å²) in [4.78, 5) is -0.270. The van der Waals surface area contributed by atoms with Crippen LogP contribution < -0.4 is 11.1 Å². The summed E-state index contributed by atoms with van der Waals surface area (Å²) in [5.41, 5.74) is 4.57. The third kappa shape index (κ3) is 2.72. The molecule has 2 aromatic rings. The fraction of sp³-hybridized carbons (Fsp3) is 0. The van der Waals surface area contributed by atoms with Crippen LogP contribution in [0.25, 0.3) is 0 Å². The maximum Gasteiger partial charge on any atom is 0.152 e. The van der Waals surface area contributed by atoms with Crippen LogP contribution >= 0.6 is 12.2 Å². The second-order valence-electron chi connectivity index (χ2n) is 3.90. The van der Waals surface area contributed by atoms with E-state index < -0.39 is 29.0 Å². The number of rotatable bonds is 3. The number of nitrogens with two attached hydrogens (primary N) is 1. The topological polar surface area (TPSA) is 38.0 Å². The van der Waals surface area contributed by atoms with Crippen molar-refractivity contribution in [3.05, 3.63) is 59.2 Å². The highest BCUT2D eigenvalue weighted by molar-refractivity contribution is 7.80. The molecule has 0 aliphatic heterocycles. The van der Waals surface area contributed by atoms with Gasteiger partial charge in [0.1, 0.15) is 22.3 Å². The van der Waals surface area contributed by atoms with Gasteiger partial charge in [0.05, 0.1) is 11.3 Å². The van der Waals surface area contributed by atoms with Crippen molar-refractivity contribution in [2.24, 2.45) is 5.73 Å². The molecule has 20 heavy (non-hydrogen) atoms. The van der Waals surface area contributed by atoms with Crippen molar-refractivity contribution in [2.45, 2.75) is 0 Å². The highest BCUT2D eigenvalue weighted by Gasteiger charge is 2.16. The Hall–Kier alpha value is -2.15. The van der Waals surface area contributed by atoms with Gasteiger partial charge in [-0.3, -0.25) is 0 Å². The first-order chi connectivity index (χ1) is 9.40. The highest BCUT2D eigenvalue weighted by Crippen LogP contribution is 2.27. The van der Waals surface area contributed by atoms with Crippen molar-refractivity contribution >= 4 is 28.6 Å². The van der Waals surface area contributed by atoms with Gasteiger partial charge in [-0.2, -0.15) is 0 Å². The Bertz CT molecular complexity index is 665. The maximum absolute atomic E-state index is 13.6.